The van der Waals surface area contributed by atoms with Crippen molar-refractivity contribution < 1.29 is 0 Å². The lowest BCUT2D eigenvalue weighted by Gasteiger charge is -2.71. The molecule has 0 spiro atoms. The molecule has 1 aliphatic rings. The number of aromatic nitrogens is 3. The first kappa shape index (κ1) is 31.6. The average Bonchev–Trinajstić information content (AvgIpc) is 3.23. The second-order valence-corrected chi connectivity index (χ2v) is 20.5. The van der Waals surface area contributed by atoms with E-state index >= 15 is 0 Å². The fourth-order valence-corrected chi connectivity index (χ4v) is 22.8. The molecule has 5 nitrogen and oxygen atoms in total. The summed E-state index contributed by atoms with van der Waals surface area (Å²) in [5.74, 6) is 1.98. The smallest absolute Gasteiger partial charge is 0.321 e. The SMILES string of the molecule is c1ccc(-c2nc(-c3ccccc3)nc(N3[Si](c4ccccc4)(c4ccccc4)N(c4ccccc4)[Si]3(c3ccccc3)c3ccccc3)n2)cc1. The fourth-order valence-electron chi connectivity index (χ4n) is 7.81. The van der Waals surface area contributed by atoms with Crippen molar-refractivity contribution in [2.24, 2.45) is 0 Å². The molecule has 0 amide bonds. The molecule has 1 fully saturated rings. The van der Waals surface area contributed by atoms with Crippen molar-refractivity contribution in [3.63, 3.8) is 0 Å². The summed E-state index contributed by atoms with van der Waals surface area (Å²) >= 11 is 0. The zero-order valence-corrected chi connectivity index (χ0v) is 30.4. The van der Waals surface area contributed by atoms with Gasteiger partial charge in [0.2, 0.25) is 5.95 Å². The molecule has 1 aliphatic heterocycles. The summed E-state index contributed by atoms with van der Waals surface area (Å²) in [7, 11) is -6.42. The molecule has 248 valence electrons. The molecule has 0 unspecified atom stereocenters. The van der Waals surface area contributed by atoms with E-state index in [1.165, 1.54) is 26.4 Å². The maximum atomic E-state index is 5.52. The Hall–Kier alpha value is -6.42. The standard InChI is InChI=1S/C45H35N5Si2/c1-8-22-36(23-9-1)43-46-44(37-24-10-2-11-25-37)48-45(47-43)50-51(39-28-14-4-15-29-39,40-30-16-5-17-31-40)49(38-26-12-3-13-27-38)52(50,41-32-18-6-19-33-41)42-34-20-7-21-35-42/h1-35H. The highest BCUT2D eigenvalue weighted by molar-refractivity contribution is 7.38. The lowest BCUT2D eigenvalue weighted by Crippen LogP contribution is -3.07. The van der Waals surface area contributed by atoms with Crippen LogP contribution in [0.25, 0.3) is 22.8 Å². The third kappa shape index (κ3) is 5.01. The zero-order valence-electron chi connectivity index (χ0n) is 28.4. The number of nitrogens with zero attached hydrogens (tertiary/aromatic N) is 5. The topological polar surface area (TPSA) is 45.2 Å². The molecule has 0 bridgehead atoms. The second-order valence-electron chi connectivity index (χ2n) is 12.8. The van der Waals surface area contributed by atoms with Crippen molar-refractivity contribution in [1.82, 2.24) is 15.0 Å². The number of hydrogen-bond donors (Lipinski definition) is 0. The Morgan fingerprint density at radius 3 is 0.904 bits per heavy atom. The predicted molar refractivity (Wildman–Crippen MR) is 218 cm³/mol. The maximum absolute atomic E-state index is 5.52. The van der Waals surface area contributed by atoms with E-state index < -0.39 is 16.8 Å². The highest BCUT2D eigenvalue weighted by Gasteiger charge is 2.76. The van der Waals surface area contributed by atoms with E-state index in [4.69, 9.17) is 15.0 Å². The molecule has 8 aromatic rings. The van der Waals surface area contributed by atoms with Crippen molar-refractivity contribution >= 4 is 49.2 Å². The van der Waals surface area contributed by atoms with Crippen LogP contribution in [0.1, 0.15) is 0 Å². The fraction of sp³-hybridized carbons (Fsp3) is 0. The van der Waals surface area contributed by atoms with Crippen molar-refractivity contribution in [3.05, 3.63) is 212 Å². The molecule has 0 atom stereocenters. The summed E-state index contributed by atoms with van der Waals surface area (Å²) < 4.78 is 5.55. The van der Waals surface area contributed by atoms with Gasteiger partial charge < -0.3 is 8.46 Å². The van der Waals surface area contributed by atoms with Crippen molar-refractivity contribution in [2.45, 2.75) is 0 Å². The number of benzene rings is 7. The molecule has 2 heterocycles. The van der Waals surface area contributed by atoms with Crippen LogP contribution in [0.4, 0.5) is 11.6 Å². The molecule has 1 saturated heterocycles. The van der Waals surface area contributed by atoms with Crippen LogP contribution < -0.4 is 29.2 Å². The number of rotatable bonds is 8. The van der Waals surface area contributed by atoms with Gasteiger partial charge in [-0.25, -0.2) is 4.98 Å². The number of hydrogen-bond acceptors (Lipinski definition) is 5. The molecule has 0 saturated carbocycles. The van der Waals surface area contributed by atoms with E-state index in [9.17, 15) is 0 Å². The molecule has 0 radical (unpaired) electrons. The van der Waals surface area contributed by atoms with Crippen LogP contribution in [0.3, 0.4) is 0 Å². The summed E-state index contributed by atoms with van der Waals surface area (Å²) in [4.78, 5) is 16.2. The van der Waals surface area contributed by atoms with Gasteiger partial charge in [0.15, 0.2) is 11.6 Å². The van der Waals surface area contributed by atoms with E-state index in [1.807, 2.05) is 36.4 Å². The van der Waals surface area contributed by atoms with E-state index in [0.717, 1.165) is 11.1 Å². The molecule has 9 rings (SSSR count). The molecule has 0 aliphatic carbocycles. The molecule has 52 heavy (non-hydrogen) atoms. The third-order valence-corrected chi connectivity index (χ3v) is 21.8. The van der Waals surface area contributed by atoms with Gasteiger partial charge in [-0.05, 0) is 32.9 Å². The summed E-state index contributed by atoms with van der Waals surface area (Å²) in [6, 6.07) is 75.7. The van der Waals surface area contributed by atoms with Gasteiger partial charge in [0, 0.05) is 16.8 Å². The van der Waals surface area contributed by atoms with Gasteiger partial charge in [0.1, 0.15) is 0 Å². The Kier molecular flexibility index (Phi) is 8.11. The number of para-hydroxylation sites is 1. The van der Waals surface area contributed by atoms with Gasteiger partial charge in [0.25, 0.3) is 0 Å². The van der Waals surface area contributed by atoms with Gasteiger partial charge in [-0.2, -0.15) is 9.97 Å². The molecular weight excluding hydrogens is 667 g/mol. The quantitative estimate of drug-likeness (QED) is 0.159. The molecule has 7 heteroatoms. The highest BCUT2D eigenvalue weighted by Crippen LogP contribution is 2.45. The van der Waals surface area contributed by atoms with Crippen LogP contribution in [0.15, 0.2) is 212 Å². The minimum atomic E-state index is -3.21. The predicted octanol–water partition coefficient (Wildman–Crippen LogP) is 7.05. The molecule has 1 aromatic heterocycles. The maximum Gasteiger partial charge on any atom is 0.321 e. The van der Waals surface area contributed by atoms with Crippen LogP contribution in [-0.2, 0) is 0 Å². The van der Waals surface area contributed by atoms with Crippen molar-refractivity contribution in [3.8, 4) is 22.8 Å². The summed E-state index contributed by atoms with van der Waals surface area (Å²) in [5, 5.41) is 5.01. The van der Waals surface area contributed by atoms with Gasteiger partial charge in [-0.3, -0.25) is 0 Å². The van der Waals surface area contributed by atoms with Crippen LogP contribution in [-0.4, -0.2) is 31.7 Å². The Morgan fingerprint density at radius 1 is 0.288 bits per heavy atom. The lowest BCUT2D eigenvalue weighted by molar-refractivity contribution is 1.03. The van der Waals surface area contributed by atoms with Gasteiger partial charge >= 0.3 is 16.8 Å². The summed E-state index contributed by atoms with van der Waals surface area (Å²) in [6.45, 7) is 0. The first-order valence-corrected chi connectivity index (χ1v) is 21.3. The van der Waals surface area contributed by atoms with Crippen molar-refractivity contribution in [1.29, 1.82) is 0 Å². The van der Waals surface area contributed by atoms with Crippen LogP contribution in [0, 0.1) is 0 Å². The van der Waals surface area contributed by atoms with Gasteiger partial charge in [-0.1, -0.05) is 200 Å². The highest BCUT2D eigenvalue weighted by atomic mass is 28.5. The van der Waals surface area contributed by atoms with E-state index in [1.54, 1.807) is 0 Å². The molecule has 7 aromatic carbocycles. The van der Waals surface area contributed by atoms with Crippen LogP contribution >= 0.6 is 0 Å². The first-order valence-electron chi connectivity index (χ1n) is 17.6. The van der Waals surface area contributed by atoms with Crippen LogP contribution in [0.2, 0.25) is 0 Å². The normalized spacial score (nSPS) is 14.4. The monoisotopic (exact) mass is 701 g/mol. The number of anilines is 2. The second kappa shape index (κ2) is 13.4. The zero-order chi connectivity index (χ0) is 34.8. The minimum Gasteiger partial charge on any atom is -0.378 e. The Bertz CT molecular complexity index is 2180. The minimum absolute atomic E-state index is 0.649. The molecular formula is C45H35N5Si2. The Balaban J connectivity index is 1.47. The van der Waals surface area contributed by atoms with E-state index in [2.05, 4.69) is 184 Å². The largest absolute Gasteiger partial charge is 0.378 e. The average molecular weight is 702 g/mol. The summed E-state index contributed by atoms with van der Waals surface area (Å²) in [6.07, 6.45) is 0. The van der Waals surface area contributed by atoms with E-state index in [0.29, 0.717) is 17.6 Å². The first-order chi connectivity index (χ1) is 25.8. The van der Waals surface area contributed by atoms with Crippen molar-refractivity contribution in [2.75, 3.05) is 8.46 Å². The third-order valence-electron chi connectivity index (χ3n) is 9.90. The van der Waals surface area contributed by atoms with Gasteiger partial charge in [0.05, 0.1) is 0 Å². The summed E-state index contributed by atoms with van der Waals surface area (Å²) in [5.41, 5.74) is 3.07. The Morgan fingerprint density at radius 2 is 0.577 bits per heavy atom. The molecule has 0 N–H and O–H groups in total. The van der Waals surface area contributed by atoms with Gasteiger partial charge in [-0.15, -0.1) is 0 Å². The Labute approximate surface area is 306 Å². The lowest BCUT2D eigenvalue weighted by atomic mass is 10.2. The van der Waals surface area contributed by atoms with Crippen LogP contribution in [0.5, 0.6) is 0 Å². The van der Waals surface area contributed by atoms with E-state index in [-0.39, 0.29) is 0 Å².